The van der Waals surface area contributed by atoms with Crippen LogP contribution in [0.1, 0.15) is 24.2 Å². The zero-order chi connectivity index (χ0) is 15.2. The van der Waals surface area contributed by atoms with Crippen molar-refractivity contribution in [2.75, 3.05) is 26.5 Å². The van der Waals surface area contributed by atoms with E-state index in [2.05, 4.69) is 0 Å². The van der Waals surface area contributed by atoms with Crippen LogP contribution in [0.15, 0.2) is 24.3 Å². The van der Waals surface area contributed by atoms with Crippen LogP contribution in [0.5, 0.6) is 0 Å². The summed E-state index contributed by atoms with van der Waals surface area (Å²) in [6, 6.07) is 5.64. The molecule has 112 valence electrons. The van der Waals surface area contributed by atoms with Crippen molar-refractivity contribution < 1.29 is 22.8 Å². The average molecular weight is 303 g/mol. The smallest absolute Gasteiger partial charge is 0.330 e. The number of hydrogen-bond acceptors (Lipinski definition) is 4. The van der Waals surface area contributed by atoms with Crippen LogP contribution in [0.4, 0.5) is 4.39 Å². The molecule has 0 aliphatic heterocycles. The number of carbonyl (C=O) groups is 1. The molecule has 0 aromatic heterocycles. The molecular weight excluding hydrogens is 284 g/mol. The summed E-state index contributed by atoms with van der Waals surface area (Å²) >= 11 is 0. The van der Waals surface area contributed by atoms with E-state index in [-0.39, 0.29) is 25.1 Å². The molecule has 0 saturated carbocycles. The van der Waals surface area contributed by atoms with E-state index >= 15 is 0 Å². The number of hydrogen-bond donors (Lipinski definition) is 0. The summed E-state index contributed by atoms with van der Waals surface area (Å²) in [5.41, 5.74) is -0.0745. The van der Waals surface area contributed by atoms with E-state index in [1.165, 1.54) is 25.2 Å². The van der Waals surface area contributed by atoms with Gasteiger partial charge in [0.2, 0.25) is 0 Å². The molecular formula is C13H19FNO4P. The van der Waals surface area contributed by atoms with Gasteiger partial charge in [-0.3, -0.25) is 9.36 Å². The van der Waals surface area contributed by atoms with Crippen LogP contribution in [-0.4, -0.2) is 37.4 Å². The first kappa shape index (κ1) is 16.8. The van der Waals surface area contributed by atoms with Gasteiger partial charge in [0, 0.05) is 7.05 Å². The lowest BCUT2D eigenvalue weighted by atomic mass is 10.2. The molecule has 0 spiro atoms. The summed E-state index contributed by atoms with van der Waals surface area (Å²) in [4.78, 5) is 13.2. The van der Waals surface area contributed by atoms with Gasteiger partial charge in [0.05, 0.1) is 18.8 Å². The molecule has 7 heteroatoms. The molecule has 1 amide bonds. The third kappa shape index (κ3) is 4.40. The Hall–Kier alpha value is -1.23. The highest BCUT2D eigenvalue weighted by atomic mass is 31.2. The number of amides is 1. The van der Waals surface area contributed by atoms with Gasteiger partial charge in [-0.1, -0.05) is 12.1 Å². The zero-order valence-corrected chi connectivity index (χ0v) is 12.7. The van der Waals surface area contributed by atoms with Crippen molar-refractivity contribution in [1.29, 1.82) is 0 Å². The summed E-state index contributed by atoms with van der Waals surface area (Å²) in [6.45, 7) is 3.78. The summed E-state index contributed by atoms with van der Waals surface area (Å²) in [5.74, 6) is -1.19. The second-order valence-electron chi connectivity index (χ2n) is 4.07. The summed E-state index contributed by atoms with van der Waals surface area (Å²) < 4.78 is 36.1. The van der Waals surface area contributed by atoms with Crippen molar-refractivity contribution in [3.05, 3.63) is 35.6 Å². The molecule has 20 heavy (non-hydrogen) atoms. The molecule has 1 aromatic carbocycles. The lowest BCUT2D eigenvalue weighted by molar-refractivity contribution is 0.0796. The Bertz CT molecular complexity index is 499. The van der Waals surface area contributed by atoms with Crippen LogP contribution in [0.25, 0.3) is 0 Å². The fourth-order valence-corrected chi connectivity index (χ4v) is 3.35. The van der Waals surface area contributed by atoms with Crippen molar-refractivity contribution in [2.24, 2.45) is 0 Å². The maximum Gasteiger partial charge on any atom is 0.349 e. The highest BCUT2D eigenvalue weighted by Gasteiger charge is 2.28. The lowest BCUT2D eigenvalue weighted by Gasteiger charge is -2.23. The van der Waals surface area contributed by atoms with Gasteiger partial charge in [-0.25, -0.2) is 4.39 Å². The molecule has 5 nitrogen and oxygen atoms in total. The SMILES string of the molecule is CCOP(=O)(CN(C)C(=O)c1ccccc1F)OCC. The predicted octanol–water partition coefficient (Wildman–Crippen LogP) is 3.12. The molecule has 0 atom stereocenters. The summed E-state index contributed by atoms with van der Waals surface area (Å²) in [5, 5.41) is 0. The predicted molar refractivity (Wildman–Crippen MR) is 74.2 cm³/mol. The number of rotatable bonds is 7. The monoisotopic (exact) mass is 303 g/mol. The van der Waals surface area contributed by atoms with E-state index in [0.717, 1.165) is 4.90 Å². The standard InChI is InChI=1S/C13H19FNO4P/c1-4-18-20(17,19-5-2)10-15(3)13(16)11-8-6-7-9-12(11)14/h6-9H,4-5,10H2,1-3H3. The van der Waals surface area contributed by atoms with Gasteiger partial charge in [0.25, 0.3) is 5.91 Å². The molecule has 0 aliphatic rings. The molecule has 0 aliphatic carbocycles. The second-order valence-corrected chi connectivity index (χ2v) is 6.09. The van der Waals surface area contributed by atoms with Crippen molar-refractivity contribution in [3.8, 4) is 0 Å². The van der Waals surface area contributed by atoms with Gasteiger partial charge in [0.15, 0.2) is 0 Å². The third-order valence-electron chi connectivity index (χ3n) is 2.49. The molecule has 0 fully saturated rings. The maximum atomic E-state index is 13.6. The number of halogens is 1. The van der Waals surface area contributed by atoms with E-state index in [9.17, 15) is 13.8 Å². The van der Waals surface area contributed by atoms with Crippen LogP contribution in [0, 0.1) is 5.82 Å². The fourth-order valence-electron chi connectivity index (χ4n) is 1.68. The molecule has 1 rings (SSSR count). The zero-order valence-electron chi connectivity index (χ0n) is 11.8. The number of carbonyl (C=O) groups excluding carboxylic acids is 1. The minimum absolute atomic E-state index is 0.0745. The first-order valence-electron chi connectivity index (χ1n) is 6.31. The normalized spacial score (nSPS) is 11.4. The Labute approximate surface area is 118 Å². The lowest BCUT2D eigenvalue weighted by Crippen LogP contribution is -2.29. The van der Waals surface area contributed by atoms with E-state index in [4.69, 9.17) is 9.05 Å². The van der Waals surface area contributed by atoms with Gasteiger partial charge < -0.3 is 13.9 Å². The number of benzene rings is 1. The Morgan fingerprint density at radius 2 is 1.80 bits per heavy atom. The molecule has 0 N–H and O–H groups in total. The van der Waals surface area contributed by atoms with Crippen molar-refractivity contribution >= 4 is 13.5 Å². The van der Waals surface area contributed by atoms with E-state index < -0.39 is 19.3 Å². The number of nitrogens with zero attached hydrogens (tertiary/aromatic N) is 1. The molecule has 0 unspecified atom stereocenters. The van der Waals surface area contributed by atoms with Gasteiger partial charge in [-0.2, -0.15) is 0 Å². The van der Waals surface area contributed by atoms with Crippen LogP contribution in [0.3, 0.4) is 0 Å². The van der Waals surface area contributed by atoms with Crippen molar-refractivity contribution in [1.82, 2.24) is 4.90 Å². The molecule has 0 heterocycles. The van der Waals surface area contributed by atoms with Crippen molar-refractivity contribution in [3.63, 3.8) is 0 Å². The van der Waals surface area contributed by atoms with Crippen LogP contribution >= 0.6 is 7.60 Å². The Morgan fingerprint density at radius 1 is 1.25 bits per heavy atom. The van der Waals surface area contributed by atoms with Gasteiger partial charge >= 0.3 is 7.60 Å². The van der Waals surface area contributed by atoms with Crippen molar-refractivity contribution in [2.45, 2.75) is 13.8 Å². The van der Waals surface area contributed by atoms with Crippen LogP contribution < -0.4 is 0 Å². The van der Waals surface area contributed by atoms with E-state index in [0.29, 0.717) is 0 Å². The van der Waals surface area contributed by atoms with E-state index in [1.54, 1.807) is 19.9 Å². The molecule has 0 radical (unpaired) electrons. The minimum Gasteiger partial charge on any atom is -0.330 e. The fraction of sp³-hybridized carbons (Fsp3) is 0.462. The van der Waals surface area contributed by atoms with Crippen LogP contribution in [0.2, 0.25) is 0 Å². The average Bonchev–Trinajstić information content (AvgIpc) is 2.38. The quantitative estimate of drug-likeness (QED) is 0.726. The third-order valence-corrected chi connectivity index (χ3v) is 4.56. The summed E-state index contributed by atoms with van der Waals surface area (Å²) in [7, 11) is -1.95. The highest BCUT2D eigenvalue weighted by molar-refractivity contribution is 7.53. The Kier molecular flexibility index (Phi) is 6.33. The molecule has 1 aromatic rings. The van der Waals surface area contributed by atoms with Gasteiger partial charge in [0.1, 0.15) is 12.1 Å². The largest absolute Gasteiger partial charge is 0.349 e. The molecule has 0 saturated heterocycles. The Morgan fingerprint density at radius 3 is 2.30 bits per heavy atom. The first-order chi connectivity index (χ1) is 9.43. The Balaban J connectivity index is 2.84. The van der Waals surface area contributed by atoms with E-state index in [1.807, 2.05) is 0 Å². The topological polar surface area (TPSA) is 55.8 Å². The van der Waals surface area contributed by atoms with Crippen LogP contribution in [-0.2, 0) is 13.6 Å². The second kappa shape index (κ2) is 7.53. The van der Waals surface area contributed by atoms with Gasteiger partial charge in [-0.05, 0) is 26.0 Å². The maximum absolute atomic E-state index is 13.6. The summed E-state index contributed by atoms with van der Waals surface area (Å²) in [6.07, 6.45) is -0.220. The first-order valence-corrected chi connectivity index (χ1v) is 8.04. The molecule has 0 bridgehead atoms. The highest BCUT2D eigenvalue weighted by Crippen LogP contribution is 2.48. The minimum atomic E-state index is -3.38. The van der Waals surface area contributed by atoms with Gasteiger partial charge in [-0.15, -0.1) is 0 Å².